The number of nitrogens with one attached hydrogen (secondary N) is 1. The Morgan fingerprint density at radius 3 is 2.57 bits per heavy atom. The number of rotatable bonds is 6. The zero-order chi connectivity index (χ0) is 15.4. The predicted molar refractivity (Wildman–Crippen MR) is 77.2 cm³/mol. The third-order valence-electron chi connectivity index (χ3n) is 2.75. The van der Waals surface area contributed by atoms with E-state index >= 15 is 0 Å². The van der Waals surface area contributed by atoms with Gasteiger partial charge in [0, 0.05) is 12.1 Å². The number of nitrogens with zero attached hydrogens (tertiary/aromatic N) is 1. The topological polar surface area (TPSA) is 86.8 Å². The number of anilines is 1. The summed E-state index contributed by atoms with van der Waals surface area (Å²) in [5.41, 5.74) is 0.637. The molecule has 7 nitrogen and oxygen atoms in total. The first-order chi connectivity index (χ1) is 10.0. The van der Waals surface area contributed by atoms with Gasteiger partial charge < -0.3 is 19.2 Å². The SMILES string of the molecule is COc1cc(NCc2ccc([N+](=O)[O-])o2)c(OC)cc1Cl. The van der Waals surface area contributed by atoms with Gasteiger partial charge in [-0.15, -0.1) is 0 Å². The van der Waals surface area contributed by atoms with Crippen LogP contribution < -0.4 is 14.8 Å². The maximum atomic E-state index is 10.6. The highest BCUT2D eigenvalue weighted by molar-refractivity contribution is 6.32. The molecule has 1 aromatic heterocycles. The zero-order valence-electron chi connectivity index (χ0n) is 11.4. The second kappa shape index (κ2) is 6.36. The summed E-state index contributed by atoms with van der Waals surface area (Å²) in [5.74, 6) is 1.15. The first-order valence-electron chi connectivity index (χ1n) is 5.93. The third-order valence-corrected chi connectivity index (χ3v) is 3.05. The molecule has 0 saturated heterocycles. The summed E-state index contributed by atoms with van der Waals surface area (Å²) in [5, 5.41) is 14.0. The third kappa shape index (κ3) is 3.38. The number of furan rings is 1. The van der Waals surface area contributed by atoms with Crippen LogP contribution in [0.3, 0.4) is 0 Å². The van der Waals surface area contributed by atoms with E-state index in [0.29, 0.717) is 28.0 Å². The van der Waals surface area contributed by atoms with Crippen LogP contribution in [0.2, 0.25) is 5.02 Å². The summed E-state index contributed by atoms with van der Waals surface area (Å²) in [4.78, 5) is 9.96. The maximum absolute atomic E-state index is 10.6. The molecule has 0 aliphatic heterocycles. The van der Waals surface area contributed by atoms with E-state index in [1.165, 1.54) is 26.4 Å². The molecule has 1 heterocycles. The van der Waals surface area contributed by atoms with E-state index in [1.54, 1.807) is 12.1 Å². The van der Waals surface area contributed by atoms with E-state index in [1.807, 2.05) is 0 Å². The summed E-state index contributed by atoms with van der Waals surface area (Å²) in [6.07, 6.45) is 0. The Morgan fingerprint density at radius 1 is 1.29 bits per heavy atom. The number of ether oxygens (including phenoxy) is 2. The molecular weight excluding hydrogens is 300 g/mol. The fourth-order valence-electron chi connectivity index (χ4n) is 1.74. The van der Waals surface area contributed by atoms with Gasteiger partial charge in [0.2, 0.25) is 0 Å². The number of nitro groups is 1. The number of hydrogen-bond acceptors (Lipinski definition) is 6. The van der Waals surface area contributed by atoms with Gasteiger partial charge in [0.15, 0.2) is 0 Å². The Bertz CT molecular complexity index is 656. The lowest BCUT2D eigenvalue weighted by molar-refractivity contribution is -0.402. The van der Waals surface area contributed by atoms with Crippen LogP contribution in [0.15, 0.2) is 28.7 Å². The fourth-order valence-corrected chi connectivity index (χ4v) is 1.97. The van der Waals surface area contributed by atoms with E-state index in [0.717, 1.165) is 0 Å². The van der Waals surface area contributed by atoms with Gasteiger partial charge in [-0.3, -0.25) is 10.1 Å². The van der Waals surface area contributed by atoms with Crippen molar-refractivity contribution in [1.82, 2.24) is 0 Å². The van der Waals surface area contributed by atoms with E-state index in [-0.39, 0.29) is 12.4 Å². The van der Waals surface area contributed by atoms with Gasteiger partial charge in [-0.2, -0.15) is 0 Å². The maximum Gasteiger partial charge on any atom is 0.433 e. The lowest BCUT2D eigenvalue weighted by Crippen LogP contribution is -2.01. The normalized spacial score (nSPS) is 10.2. The molecule has 112 valence electrons. The second-order valence-electron chi connectivity index (χ2n) is 4.04. The van der Waals surface area contributed by atoms with Crippen LogP contribution in [0, 0.1) is 10.1 Å². The number of halogens is 1. The van der Waals surface area contributed by atoms with Gasteiger partial charge in [0.25, 0.3) is 0 Å². The average molecular weight is 313 g/mol. The molecule has 0 amide bonds. The Labute approximate surface area is 125 Å². The molecule has 8 heteroatoms. The minimum atomic E-state index is -0.588. The van der Waals surface area contributed by atoms with Crippen molar-refractivity contribution in [2.24, 2.45) is 0 Å². The molecular formula is C13H13ClN2O5. The molecule has 1 N–H and O–H groups in total. The number of benzene rings is 1. The lowest BCUT2D eigenvalue weighted by atomic mass is 10.2. The molecule has 0 spiro atoms. The molecule has 0 bridgehead atoms. The van der Waals surface area contributed by atoms with Crippen LogP contribution in [-0.2, 0) is 6.54 Å². The van der Waals surface area contributed by atoms with Crippen molar-refractivity contribution in [3.8, 4) is 11.5 Å². The summed E-state index contributed by atoms with van der Waals surface area (Å²) in [6, 6.07) is 6.13. The standard InChI is InChI=1S/C13H13ClN2O5/c1-19-11-6-10(12(20-2)5-9(11)14)15-7-8-3-4-13(21-8)16(17)18/h3-6,15H,7H2,1-2H3. The number of methoxy groups -OCH3 is 2. The van der Waals surface area contributed by atoms with Gasteiger partial charge in [-0.05, 0) is 6.07 Å². The highest BCUT2D eigenvalue weighted by atomic mass is 35.5. The molecule has 0 saturated carbocycles. The first kappa shape index (κ1) is 15.0. The predicted octanol–water partition coefficient (Wildman–Crippen LogP) is 3.47. The smallest absolute Gasteiger partial charge is 0.433 e. The van der Waals surface area contributed by atoms with E-state index in [9.17, 15) is 10.1 Å². The van der Waals surface area contributed by atoms with Gasteiger partial charge in [0.05, 0.1) is 37.5 Å². The lowest BCUT2D eigenvalue weighted by Gasteiger charge is -2.13. The van der Waals surface area contributed by atoms with Crippen molar-refractivity contribution in [3.63, 3.8) is 0 Å². The Morgan fingerprint density at radius 2 is 2.00 bits per heavy atom. The first-order valence-corrected chi connectivity index (χ1v) is 6.31. The Hall–Kier alpha value is -2.41. The molecule has 0 aliphatic rings. The zero-order valence-corrected chi connectivity index (χ0v) is 12.1. The molecule has 0 unspecified atom stereocenters. The summed E-state index contributed by atoms with van der Waals surface area (Å²) in [7, 11) is 3.02. The molecule has 0 aliphatic carbocycles. The van der Waals surface area contributed by atoms with Crippen molar-refractivity contribution in [1.29, 1.82) is 0 Å². The Kier molecular flexibility index (Phi) is 4.54. The van der Waals surface area contributed by atoms with E-state index in [2.05, 4.69) is 5.32 Å². The van der Waals surface area contributed by atoms with Crippen molar-refractivity contribution in [2.75, 3.05) is 19.5 Å². The molecule has 0 fully saturated rings. The summed E-state index contributed by atoms with van der Waals surface area (Å²) < 4.78 is 15.4. The van der Waals surface area contributed by atoms with Gasteiger partial charge in [-0.1, -0.05) is 11.6 Å². The van der Waals surface area contributed by atoms with Crippen molar-refractivity contribution < 1.29 is 18.8 Å². The van der Waals surface area contributed by atoms with Crippen LogP contribution in [-0.4, -0.2) is 19.1 Å². The monoisotopic (exact) mass is 312 g/mol. The summed E-state index contributed by atoms with van der Waals surface area (Å²) in [6.45, 7) is 0.259. The molecule has 1 aromatic carbocycles. The van der Waals surface area contributed by atoms with E-state index < -0.39 is 4.92 Å². The van der Waals surface area contributed by atoms with Gasteiger partial charge in [0.1, 0.15) is 22.2 Å². The quantitative estimate of drug-likeness (QED) is 0.649. The largest absolute Gasteiger partial charge is 0.495 e. The van der Waals surface area contributed by atoms with Crippen LogP contribution >= 0.6 is 11.6 Å². The molecule has 21 heavy (non-hydrogen) atoms. The van der Waals surface area contributed by atoms with Crippen LogP contribution in [0.5, 0.6) is 11.5 Å². The van der Waals surface area contributed by atoms with Crippen molar-refractivity contribution in [3.05, 3.63) is 45.2 Å². The van der Waals surface area contributed by atoms with Gasteiger partial charge in [-0.25, -0.2) is 0 Å². The Balaban J connectivity index is 2.16. The molecule has 0 radical (unpaired) electrons. The van der Waals surface area contributed by atoms with Crippen LogP contribution in [0.4, 0.5) is 11.6 Å². The fraction of sp³-hybridized carbons (Fsp3) is 0.231. The van der Waals surface area contributed by atoms with Gasteiger partial charge >= 0.3 is 5.88 Å². The summed E-state index contributed by atoms with van der Waals surface area (Å²) >= 11 is 6.01. The van der Waals surface area contributed by atoms with Crippen LogP contribution in [0.25, 0.3) is 0 Å². The molecule has 0 atom stereocenters. The number of hydrogen-bond donors (Lipinski definition) is 1. The minimum Gasteiger partial charge on any atom is -0.495 e. The highest BCUT2D eigenvalue weighted by Gasteiger charge is 2.13. The minimum absolute atomic E-state index is 0.259. The van der Waals surface area contributed by atoms with Crippen molar-refractivity contribution >= 4 is 23.2 Å². The van der Waals surface area contributed by atoms with Crippen molar-refractivity contribution in [2.45, 2.75) is 6.54 Å². The average Bonchev–Trinajstić information content (AvgIpc) is 2.94. The second-order valence-corrected chi connectivity index (χ2v) is 4.44. The molecule has 2 aromatic rings. The highest BCUT2D eigenvalue weighted by Crippen LogP contribution is 2.36. The van der Waals surface area contributed by atoms with Crippen LogP contribution in [0.1, 0.15) is 5.76 Å². The molecule has 2 rings (SSSR count). The van der Waals surface area contributed by atoms with E-state index in [4.69, 9.17) is 25.5 Å².